The second-order valence-electron chi connectivity index (χ2n) is 5.60. The maximum atomic E-state index is 12.4. The minimum absolute atomic E-state index is 0.0471. The second-order valence-corrected chi connectivity index (χ2v) is 7.25. The van der Waals surface area contributed by atoms with Crippen molar-refractivity contribution in [1.29, 1.82) is 0 Å². The van der Waals surface area contributed by atoms with E-state index in [-0.39, 0.29) is 23.7 Å². The van der Waals surface area contributed by atoms with Crippen molar-refractivity contribution < 1.29 is 32.3 Å². The summed E-state index contributed by atoms with van der Waals surface area (Å²) in [5.41, 5.74) is 1.11. The van der Waals surface area contributed by atoms with Crippen LogP contribution in [0.3, 0.4) is 0 Å². The zero-order valence-electron chi connectivity index (χ0n) is 15.8. The standard InChI is InChI=1S/C18H21N3O7S/c1-26-10-11-28-18(23)20-15-5-3-4-14(12-15)19-17(22)13-6-8-16(9-7-13)29(24,25)21-27-2/h3-9,12,21H,10-11H2,1-2H3,(H,19,22)(H,20,23). The molecule has 0 saturated carbocycles. The number of ether oxygens (including phenoxy) is 2. The quantitative estimate of drug-likeness (QED) is 0.415. The number of carbonyl (C=O) groups is 2. The van der Waals surface area contributed by atoms with Gasteiger partial charge in [0.25, 0.3) is 15.9 Å². The number of sulfonamides is 1. The van der Waals surface area contributed by atoms with Crippen LogP contribution in [0.1, 0.15) is 10.4 Å². The molecule has 0 radical (unpaired) electrons. The fourth-order valence-corrected chi connectivity index (χ4v) is 3.00. The summed E-state index contributed by atoms with van der Waals surface area (Å²) < 4.78 is 33.3. The van der Waals surface area contributed by atoms with Crippen molar-refractivity contribution in [3.05, 3.63) is 54.1 Å². The van der Waals surface area contributed by atoms with E-state index in [1.807, 2.05) is 4.89 Å². The average molecular weight is 423 g/mol. The van der Waals surface area contributed by atoms with Gasteiger partial charge in [-0.25, -0.2) is 13.2 Å². The third-order valence-corrected chi connectivity index (χ3v) is 4.79. The number of amides is 2. The molecule has 0 bridgehead atoms. The van der Waals surface area contributed by atoms with Gasteiger partial charge in [0, 0.05) is 24.0 Å². The van der Waals surface area contributed by atoms with E-state index in [0.717, 1.165) is 0 Å². The normalized spacial score (nSPS) is 11.0. The number of hydrogen-bond acceptors (Lipinski definition) is 7. The summed E-state index contributed by atoms with van der Waals surface area (Å²) in [6, 6.07) is 11.8. The van der Waals surface area contributed by atoms with Gasteiger partial charge >= 0.3 is 6.09 Å². The third-order valence-electron chi connectivity index (χ3n) is 3.51. The molecule has 0 aliphatic rings. The van der Waals surface area contributed by atoms with Crippen LogP contribution in [0.15, 0.2) is 53.4 Å². The van der Waals surface area contributed by atoms with Crippen molar-refractivity contribution in [3.8, 4) is 0 Å². The van der Waals surface area contributed by atoms with Gasteiger partial charge in [0.2, 0.25) is 0 Å². The van der Waals surface area contributed by atoms with Crippen LogP contribution < -0.4 is 15.5 Å². The number of nitrogens with one attached hydrogen (secondary N) is 3. The Bertz CT molecular complexity index is 946. The molecule has 3 N–H and O–H groups in total. The summed E-state index contributed by atoms with van der Waals surface area (Å²) in [4.78, 5) is 30.3. The lowest BCUT2D eigenvalue weighted by Gasteiger charge is -2.10. The molecule has 2 aromatic carbocycles. The van der Waals surface area contributed by atoms with E-state index in [1.54, 1.807) is 24.3 Å². The summed E-state index contributed by atoms with van der Waals surface area (Å²) >= 11 is 0. The Balaban J connectivity index is 2.01. The lowest BCUT2D eigenvalue weighted by atomic mass is 10.2. The minimum Gasteiger partial charge on any atom is -0.447 e. The largest absolute Gasteiger partial charge is 0.447 e. The van der Waals surface area contributed by atoms with Crippen LogP contribution in [0.25, 0.3) is 0 Å². The van der Waals surface area contributed by atoms with Crippen molar-refractivity contribution in [2.24, 2.45) is 0 Å². The molecular weight excluding hydrogens is 402 g/mol. The number of carbonyl (C=O) groups excluding carboxylic acids is 2. The van der Waals surface area contributed by atoms with Crippen LogP contribution in [-0.2, 0) is 24.3 Å². The Morgan fingerprint density at radius 3 is 2.21 bits per heavy atom. The highest BCUT2D eigenvalue weighted by atomic mass is 32.2. The Hall–Kier alpha value is -2.99. The molecule has 0 fully saturated rings. The number of methoxy groups -OCH3 is 1. The SMILES string of the molecule is COCCOC(=O)Nc1cccc(NC(=O)c2ccc(S(=O)(=O)NOC)cc2)c1. The van der Waals surface area contributed by atoms with Gasteiger partial charge in [0.1, 0.15) is 6.61 Å². The average Bonchev–Trinajstić information content (AvgIpc) is 2.68. The molecule has 156 valence electrons. The molecule has 2 aromatic rings. The van der Waals surface area contributed by atoms with E-state index < -0.39 is 22.0 Å². The van der Waals surface area contributed by atoms with E-state index in [1.165, 1.54) is 38.5 Å². The third kappa shape index (κ3) is 6.84. The van der Waals surface area contributed by atoms with Crippen LogP contribution in [0.5, 0.6) is 0 Å². The Kier molecular flexibility index (Phi) is 8.09. The van der Waals surface area contributed by atoms with Gasteiger partial charge in [-0.1, -0.05) is 11.0 Å². The number of rotatable bonds is 9. The molecule has 2 rings (SSSR count). The lowest BCUT2D eigenvalue weighted by Crippen LogP contribution is -2.22. The molecule has 2 amide bonds. The Morgan fingerprint density at radius 2 is 1.59 bits per heavy atom. The lowest BCUT2D eigenvalue weighted by molar-refractivity contribution is 0.102. The van der Waals surface area contributed by atoms with Crippen molar-refractivity contribution in [1.82, 2.24) is 4.89 Å². The van der Waals surface area contributed by atoms with Crippen molar-refractivity contribution >= 4 is 33.4 Å². The monoisotopic (exact) mass is 423 g/mol. The number of anilines is 2. The van der Waals surface area contributed by atoms with Crippen LogP contribution in [0.2, 0.25) is 0 Å². The molecule has 0 saturated heterocycles. The van der Waals surface area contributed by atoms with E-state index in [9.17, 15) is 18.0 Å². The maximum Gasteiger partial charge on any atom is 0.411 e. The molecule has 11 heteroatoms. The predicted octanol–water partition coefficient (Wildman–Crippen LogP) is 1.97. The van der Waals surface area contributed by atoms with E-state index in [0.29, 0.717) is 11.4 Å². The van der Waals surface area contributed by atoms with Gasteiger partial charge in [-0.3, -0.25) is 14.9 Å². The Morgan fingerprint density at radius 1 is 0.931 bits per heavy atom. The van der Waals surface area contributed by atoms with Crippen LogP contribution in [0, 0.1) is 0 Å². The first-order valence-electron chi connectivity index (χ1n) is 8.34. The first-order valence-corrected chi connectivity index (χ1v) is 9.83. The summed E-state index contributed by atoms with van der Waals surface area (Å²) in [7, 11) is -1.12. The van der Waals surface area contributed by atoms with E-state index >= 15 is 0 Å². The summed E-state index contributed by atoms with van der Waals surface area (Å²) in [5, 5.41) is 5.20. The fourth-order valence-electron chi connectivity index (χ4n) is 2.19. The predicted molar refractivity (Wildman–Crippen MR) is 105 cm³/mol. The molecule has 10 nitrogen and oxygen atoms in total. The highest BCUT2D eigenvalue weighted by Gasteiger charge is 2.15. The number of hydrogen-bond donors (Lipinski definition) is 3. The zero-order chi connectivity index (χ0) is 21.3. The van der Waals surface area contributed by atoms with E-state index in [4.69, 9.17) is 9.47 Å². The summed E-state index contributed by atoms with van der Waals surface area (Å²) in [6.07, 6.45) is -0.646. The highest BCUT2D eigenvalue weighted by Crippen LogP contribution is 2.17. The molecular formula is C18H21N3O7S. The number of benzene rings is 2. The fraction of sp³-hybridized carbons (Fsp3) is 0.222. The molecule has 0 atom stereocenters. The zero-order valence-corrected chi connectivity index (χ0v) is 16.6. The van der Waals surface area contributed by atoms with Gasteiger partial charge in [0.15, 0.2) is 0 Å². The molecule has 0 heterocycles. The minimum atomic E-state index is -3.80. The summed E-state index contributed by atoms with van der Waals surface area (Å²) in [5.74, 6) is -0.450. The van der Waals surface area contributed by atoms with Crippen LogP contribution >= 0.6 is 0 Å². The second kappa shape index (κ2) is 10.5. The van der Waals surface area contributed by atoms with Gasteiger partial charge in [0.05, 0.1) is 18.6 Å². The maximum absolute atomic E-state index is 12.4. The van der Waals surface area contributed by atoms with Gasteiger partial charge in [-0.2, -0.15) is 0 Å². The molecule has 0 aliphatic carbocycles. The highest BCUT2D eigenvalue weighted by molar-refractivity contribution is 7.89. The Labute approximate surface area is 168 Å². The topological polar surface area (TPSA) is 132 Å². The molecule has 29 heavy (non-hydrogen) atoms. The van der Waals surface area contributed by atoms with Crippen LogP contribution in [0.4, 0.5) is 16.2 Å². The molecule has 0 aliphatic heterocycles. The molecule has 0 aromatic heterocycles. The summed E-state index contributed by atoms with van der Waals surface area (Å²) in [6.45, 7) is 0.398. The van der Waals surface area contributed by atoms with E-state index in [2.05, 4.69) is 15.5 Å². The molecule has 0 unspecified atom stereocenters. The van der Waals surface area contributed by atoms with Gasteiger partial charge < -0.3 is 14.8 Å². The van der Waals surface area contributed by atoms with Gasteiger partial charge in [-0.15, -0.1) is 0 Å². The van der Waals surface area contributed by atoms with Crippen molar-refractivity contribution in [2.75, 3.05) is 38.1 Å². The van der Waals surface area contributed by atoms with Crippen molar-refractivity contribution in [2.45, 2.75) is 4.90 Å². The first-order chi connectivity index (χ1) is 13.9. The molecule has 0 spiro atoms. The smallest absolute Gasteiger partial charge is 0.411 e. The van der Waals surface area contributed by atoms with Crippen LogP contribution in [-0.4, -0.2) is 47.9 Å². The van der Waals surface area contributed by atoms with Crippen molar-refractivity contribution in [3.63, 3.8) is 0 Å². The first kappa shape index (κ1) is 22.3. The van der Waals surface area contributed by atoms with Gasteiger partial charge in [-0.05, 0) is 42.5 Å².